The van der Waals surface area contributed by atoms with Gasteiger partial charge in [0.2, 0.25) is 0 Å². The Morgan fingerprint density at radius 1 is 1.20 bits per heavy atom. The highest BCUT2D eigenvalue weighted by Crippen LogP contribution is 2.27. The topological polar surface area (TPSA) is 17.1 Å². The van der Waals surface area contributed by atoms with Crippen LogP contribution in [0.3, 0.4) is 0 Å². The molecule has 0 spiro atoms. The highest BCUT2D eigenvalue weighted by atomic mass is 79.9. The number of Topliss-reactive ketones (excluding diaryl/α,β-unsaturated/α-hetero) is 1. The molecule has 0 unspecified atom stereocenters. The molecule has 0 aliphatic rings. The molecule has 2 aromatic carbocycles. The third-order valence-electron chi connectivity index (χ3n) is 3.14. The van der Waals surface area contributed by atoms with Crippen LogP contribution < -0.4 is 0 Å². The molecule has 100 valence electrons. The number of hydrogen-bond donors (Lipinski definition) is 0. The zero-order valence-corrected chi connectivity index (χ0v) is 12.8. The zero-order valence-electron chi connectivity index (χ0n) is 10.4. The normalized spacial score (nSPS) is 10.9. The molecule has 1 aromatic heterocycles. The number of carbonyl (C=O) groups is 1. The minimum atomic E-state index is -0.397. The molecular formula is C16H10BrFOS. The highest BCUT2D eigenvalue weighted by Gasteiger charge is 2.14. The lowest BCUT2D eigenvalue weighted by Crippen LogP contribution is -2.04. The molecule has 4 heteroatoms. The Labute approximate surface area is 128 Å². The monoisotopic (exact) mass is 348 g/mol. The summed E-state index contributed by atoms with van der Waals surface area (Å²) in [5, 5.41) is 3.09. The summed E-state index contributed by atoms with van der Waals surface area (Å²) < 4.78 is 15.1. The molecular weight excluding hydrogens is 339 g/mol. The van der Waals surface area contributed by atoms with Crippen LogP contribution >= 0.6 is 27.3 Å². The molecule has 0 aliphatic carbocycles. The number of halogens is 2. The van der Waals surface area contributed by atoms with Crippen LogP contribution in [0.15, 0.2) is 52.3 Å². The van der Waals surface area contributed by atoms with Crippen molar-refractivity contribution in [1.29, 1.82) is 0 Å². The van der Waals surface area contributed by atoms with Crippen LogP contribution in [0.4, 0.5) is 4.39 Å². The van der Waals surface area contributed by atoms with Crippen molar-refractivity contribution in [3.05, 3.63) is 69.3 Å². The Morgan fingerprint density at radius 2 is 2.00 bits per heavy atom. The summed E-state index contributed by atoms with van der Waals surface area (Å²) in [4.78, 5) is 12.3. The van der Waals surface area contributed by atoms with E-state index in [2.05, 4.69) is 15.9 Å². The molecule has 0 aliphatic heterocycles. The first-order valence-corrected chi connectivity index (χ1v) is 7.76. The zero-order chi connectivity index (χ0) is 14.1. The Bertz CT molecular complexity index is 794. The van der Waals surface area contributed by atoms with Crippen LogP contribution in [0.2, 0.25) is 0 Å². The van der Waals surface area contributed by atoms with E-state index in [4.69, 9.17) is 0 Å². The standard InChI is InChI=1S/C16H10BrFOS/c17-14-6-5-11(18)8-13(14)15(19)7-10-9-20-16-4-2-1-3-12(10)16/h1-6,8-9H,7H2. The summed E-state index contributed by atoms with van der Waals surface area (Å²) in [5.41, 5.74) is 1.38. The van der Waals surface area contributed by atoms with Crippen LogP contribution in [-0.2, 0) is 6.42 Å². The summed E-state index contributed by atoms with van der Waals surface area (Å²) in [5.74, 6) is -0.480. The second-order valence-electron chi connectivity index (χ2n) is 4.48. The van der Waals surface area contributed by atoms with E-state index in [0.29, 0.717) is 10.0 Å². The van der Waals surface area contributed by atoms with E-state index in [9.17, 15) is 9.18 Å². The van der Waals surface area contributed by atoms with Crippen LogP contribution in [-0.4, -0.2) is 5.78 Å². The smallest absolute Gasteiger partial charge is 0.168 e. The van der Waals surface area contributed by atoms with Crippen molar-refractivity contribution in [3.63, 3.8) is 0 Å². The molecule has 0 bridgehead atoms. The summed E-state index contributed by atoms with van der Waals surface area (Å²) in [6.45, 7) is 0. The van der Waals surface area contributed by atoms with Crippen LogP contribution in [0.1, 0.15) is 15.9 Å². The van der Waals surface area contributed by atoms with Gasteiger partial charge in [0.1, 0.15) is 5.82 Å². The van der Waals surface area contributed by atoms with Gasteiger partial charge in [-0.25, -0.2) is 4.39 Å². The van der Waals surface area contributed by atoms with E-state index < -0.39 is 5.82 Å². The second-order valence-corrected chi connectivity index (χ2v) is 6.25. The lowest BCUT2D eigenvalue weighted by molar-refractivity contribution is 0.0992. The number of thiophene rings is 1. The number of fused-ring (bicyclic) bond motifs is 1. The summed E-state index contributed by atoms with van der Waals surface area (Å²) in [6.07, 6.45) is 0.284. The molecule has 20 heavy (non-hydrogen) atoms. The number of ketones is 1. The van der Waals surface area contributed by atoms with E-state index in [1.54, 1.807) is 17.4 Å². The Balaban J connectivity index is 1.94. The Morgan fingerprint density at radius 3 is 2.85 bits per heavy atom. The van der Waals surface area contributed by atoms with E-state index in [0.717, 1.165) is 15.6 Å². The average molecular weight is 349 g/mol. The van der Waals surface area contributed by atoms with Gasteiger partial charge in [0, 0.05) is 21.2 Å². The van der Waals surface area contributed by atoms with Crippen molar-refractivity contribution in [2.45, 2.75) is 6.42 Å². The van der Waals surface area contributed by atoms with Crippen molar-refractivity contribution in [1.82, 2.24) is 0 Å². The molecule has 1 nitrogen and oxygen atoms in total. The first-order chi connectivity index (χ1) is 9.65. The maximum absolute atomic E-state index is 13.3. The quantitative estimate of drug-likeness (QED) is 0.592. The number of carbonyl (C=O) groups excluding carboxylic acids is 1. The van der Waals surface area contributed by atoms with Gasteiger partial charge in [0.05, 0.1) is 0 Å². The van der Waals surface area contributed by atoms with Crippen molar-refractivity contribution in [2.75, 3.05) is 0 Å². The van der Waals surface area contributed by atoms with Crippen molar-refractivity contribution in [2.24, 2.45) is 0 Å². The predicted molar refractivity (Wildman–Crippen MR) is 84.0 cm³/mol. The second kappa shape index (κ2) is 5.46. The van der Waals surface area contributed by atoms with Gasteiger partial charge in [0.15, 0.2) is 5.78 Å². The predicted octanol–water partition coefficient (Wildman–Crippen LogP) is 5.23. The van der Waals surface area contributed by atoms with Gasteiger partial charge < -0.3 is 0 Å². The number of hydrogen-bond acceptors (Lipinski definition) is 2. The third kappa shape index (κ3) is 2.53. The van der Waals surface area contributed by atoms with Gasteiger partial charge in [-0.05, 0) is 40.6 Å². The highest BCUT2D eigenvalue weighted by molar-refractivity contribution is 9.10. The lowest BCUT2D eigenvalue weighted by atomic mass is 10.0. The van der Waals surface area contributed by atoms with Crippen molar-refractivity contribution < 1.29 is 9.18 Å². The van der Waals surface area contributed by atoms with Crippen molar-refractivity contribution in [3.8, 4) is 0 Å². The Kier molecular flexibility index (Phi) is 3.68. The maximum Gasteiger partial charge on any atom is 0.168 e. The fraction of sp³-hybridized carbons (Fsp3) is 0.0625. The van der Waals surface area contributed by atoms with Gasteiger partial charge in [-0.2, -0.15) is 0 Å². The summed E-state index contributed by atoms with van der Waals surface area (Å²) >= 11 is 4.92. The Hall–Kier alpha value is -1.52. The fourth-order valence-electron chi connectivity index (χ4n) is 2.15. The molecule has 3 aromatic rings. The molecule has 0 saturated heterocycles. The molecule has 0 radical (unpaired) electrons. The molecule has 0 fully saturated rings. The van der Waals surface area contributed by atoms with Gasteiger partial charge in [0.25, 0.3) is 0 Å². The third-order valence-corrected chi connectivity index (χ3v) is 4.84. The van der Waals surface area contributed by atoms with Crippen molar-refractivity contribution >= 4 is 43.1 Å². The summed E-state index contributed by atoms with van der Waals surface area (Å²) in [6, 6.07) is 12.2. The molecule has 0 saturated carbocycles. The van der Waals surface area contributed by atoms with Gasteiger partial charge >= 0.3 is 0 Å². The first kappa shape index (κ1) is 13.5. The lowest BCUT2D eigenvalue weighted by Gasteiger charge is -2.04. The van der Waals surface area contributed by atoms with Gasteiger partial charge in [-0.3, -0.25) is 4.79 Å². The molecule has 0 amide bonds. The molecule has 3 rings (SSSR count). The first-order valence-electron chi connectivity index (χ1n) is 6.08. The fourth-order valence-corrected chi connectivity index (χ4v) is 3.58. The molecule has 0 N–H and O–H groups in total. The minimum Gasteiger partial charge on any atom is -0.294 e. The number of benzene rings is 2. The number of rotatable bonds is 3. The minimum absolute atomic E-state index is 0.0834. The van der Waals surface area contributed by atoms with Gasteiger partial charge in [-0.1, -0.05) is 34.1 Å². The van der Waals surface area contributed by atoms with Gasteiger partial charge in [-0.15, -0.1) is 11.3 Å². The van der Waals surface area contributed by atoms with Crippen LogP contribution in [0.5, 0.6) is 0 Å². The van der Waals surface area contributed by atoms with Crippen LogP contribution in [0, 0.1) is 5.82 Å². The summed E-state index contributed by atoms with van der Waals surface area (Å²) in [7, 11) is 0. The maximum atomic E-state index is 13.3. The van der Waals surface area contributed by atoms with E-state index in [1.807, 2.05) is 29.6 Å². The SMILES string of the molecule is O=C(Cc1csc2ccccc12)c1cc(F)ccc1Br. The van der Waals surface area contributed by atoms with Crippen LogP contribution in [0.25, 0.3) is 10.1 Å². The molecule has 0 atom stereocenters. The van der Waals surface area contributed by atoms with E-state index in [-0.39, 0.29) is 12.2 Å². The van der Waals surface area contributed by atoms with E-state index in [1.165, 1.54) is 12.1 Å². The largest absolute Gasteiger partial charge is 0.294 e. The van der Waals surface area contributed by atoms with E-state index >= 15 is 0 Å². The molecule has 1 heterocycles. The average Bonchev–Trinajstić information content (AvgIpc) is 2.85.